The van der Waals surface area contributed by atoms with E-state index < -0.39 is 0 Å². The first-order valence-corrected chi connectivity index (χ1v) is 5.14. The molecule has 4 unspecified atom stereocenters. The maximum atomic E-state index is 11.7. The second kappa shape index (κ2) is 3.64. The number of carbonyl (C=O) groups is 3. The van der Waals surface area contributed by atoms with Crippen molar-refractivity contribution in [2.24, 2.45) is 11.8 Å². The summed E-state index contributed by atoms with van der Waals surface area (Å²) in [5.41, 5.74) is 0. The lowest BCUT2D eigenvalue weighted by atomic mass is 10.1. The van der Waals surface area contributed by atoms with E-state index in [-0.39, 0.29) is 24.5 Å². The minimum Gasteiger partial charge on any atom is -0.350 e. The van der Waals surface area contributed by atoms with Gasteiger partial charge >= 0.3 is 0 Å². The number of carbonyl (C=O) groups excluding carboxylic acids is 3. The molecule has 0 radical (unpaired) electrons. The lowest BCUT2D eigenvalue weighted by molar-refractivity contribution is -0.135. The Morgan fingerprint density at radius 1 is 1.53 bits per heavy atom. The molecule has 15 heavy (non-hydrogen) atoms. The summed E-state index contributed by atoms with van der Waals surface area (Å²) in [7, 11) is 0. The monoisotopic (exact) mass is 210 g/mol. The Morgan fingerprint density at radius 3 is 2.87 bits per heavy atom. The van der Waals surface area contributed by atoms with E-state index in [0.717, 1.165) is 12.7 Å². The van der Waals surface area contributed by atoms with E-state index in [2.05, 4.69) is 12.2 Å². The van der Waals surface area contributed by atoms with E-state index in [1.165, 1.54) is 0 Å². The zero-order valence-corrected chi connectivity index (χ0v) is 8.55. The van der Waals surface area contributed by atoms with Crippen molar-refractivity contribution in [3.05, 3.63) is 0 Å². The summed E-state index contributed by atoms with van der Waals surface area (Å²) in [6.07, 6.45) is 2.11. The lowest BCUT2D eigenvalue weighted by Gasteiger charge is -2.24. The smallest absolute Gasteiger partial charge is 0.242 e. The molecule has 0 aromatic carbocycles. The third-order valence-corrected chi connectivity index (χ3v) is 3.49. The molecular weight excluding hydrogens is 196 g/mol. The molecule has 1 saturated carbocycles. The average Bonchev–Trinajstić information content (AvgIpc) is 2.72. The van der Waals surface area contributed by atoms with E-state index >= 15 is 0 Å². The van der Waals surface area contributed by atoms with Gasteiger partial charge in [-0.3, -0.25) is 9.59 Å². The van der Waals surface area contributed by atoms with Gasteiger partial charge in [-0.2, -0.15) is 0 Å². The van der Waals surface area contributed by atoms with Gasteiger partial charge in [-0.05, 0) is 18.3 Å². The minimum atomic E-state index is -0.280. The van der Waals surface area contributed by atoms with Crippen LogP contribution in [-0.4, -0.2) is 42.1 Å². The van der Waals surface area contributed by atoms with Crippen molar-refractivity contribution in [1.82, 2.24) is 10.2 Å². The fraction of sp³-hybridized carbons (Fsp3) is 0.700. The van der Waals surface area contributed by atoms with Crippen molar-refractivity contribution in [1.29, 1.82) is 0 Å². The molecule has 1 aliphatic heterocycles. The molecule has 5 heteroatoms. The number of hydrogen-bond donors (Lipinski definition) is 1. The number of piperidine rings is 1. The number of nitrogens with one attached hydrogen (secondary N) is 1. The molecule has 82 valence electrons. The fourth-order valence-corrected chi connectivity index (χ4v) is 2.64. The molecule has 0 aromatic heterocycles. The van der Waals surface area contributed by atoms with E-state index in [1.54, 1.807) is 4.90 Å². The van der Waals surface area contributed by atoms with Crippen LogP contribution in [-0.2, 0) is 14.4 Å². The minimum absolute atomic E-state index is 0.0101. The number of amides is 2. The second-order valence-electron chi connectivity index (χ2n) is 4.25. The maximum Gasteiger partial charge on any atom is 0.242 e. The zero-order valence-electron chi connectivity index (χ0n) is 8.55. The van der Waals surface area contributed by atoms with Gasteiger partial charge in [0.1, 0.15) is 6.29 Å². The first-order chi connectivity index (χ1) is 7.20. The van der Waals surface area contributed by atoms with Crippen LogP contribution in [0, 0.1) is 11.8 Å². The van der Waals surface area contributed by atoms with Crippen LogP contribution < -0.4 is 5.32 Å². The van der Waals surface area contributed by atoms with Crippen LogP contribution in [0.3, 0.4) is 0 Å². The van der Waals surface area contributed by atoms with Crippen LogP contribution in [0.25, 0.3) is 0 Å². The van der Waals surface area contributed by atoms with E-state index in [9.17, 15) is 14.4 Å². The third-order valence-electron chi connectivity index (χ3n) is 3.49. The number of hydrogen-bond acceptors (Lipinski definition) is 3. The quantitative estimate of drug-likeness (QED) is 0.616. The normalized spacial score (nSPS) is 37.0. The highest BCUT2D eigenvalue weighted by Crippen LogP contribution is 2.52. The highest BCUT2D eigenvalue weighted by molar-refractivity contribution is 5.84. The van der Waals surface area contributed by atoms with E-state index in [1.807, 2.05) is 0 Å². The molecule has 1 N–H and O–H groups in total. The predicted octanol–water partition coefficient (Wildman–Crippen LogP) is -0.833. The molecule has 0 bridgehead atoms. The van der Waals surface area contributed by atoms with Crippen molar-refractivity contribution < 1.29 is 14.4 Å². The number of nitrogens with zero attached hydrogens (tertiary/aromatic N) is 1. The highest BCUT2D eigenvalue weighted by Gasteiger charge is 2.59. The third kappa shape index (κ3) is 1.52. The van der Waals surface area contributed by atoms with Crippen molar-refractivity contribution in [3.63, 3.8) is 0 Å². The average molecular weight is 210 g/mol. The van der Waals surface area contributed by atoms with Gasteiger partial charge in [-0.1, -0.05) is 6.92 Å². The van der Waals surface area contributed by atoms with Crippen molar-refractivity contribution in [2.45, 2.75) is 25.4 Å². The number of rotatable bonds is 4. The summed E-state index contributed by atoms with van der Waals surface area (Å²) in [4.78, 5) is 34.2. The van der Waals surface area contributed by atoms with Crippen LogP contribution in [0.15, 0.2) is 0 Å². The Hall–Kier alpha value is -1.39. The first-order valence-electron chi connectivity index (χ1n) is 5.14. The van der Waals surface area contributed by atoms with Gasteiger partial charge in [0.25, 0.3) is 0 Å². The van der Waals surface area contributed by atoms with Gasteiger partial charge in [-0.25, -0.2) is 0 Å². The molecule has 0 aromatic rings. The van der Waals surface area contributed by atoms with Crippen LogP contribution in [0.2, 0.25) is 0 Å². The van der Waals surface area contributed by atoms with Gasteiger partial charge in [-0.15, -0.1) is 0 Å². The lowest BCUT2D eigenvalue weighted by Crippen LogP contribution is -2.44. The van der Waals surface area contributed by atoms with E-state index in [4.69, 9.17) is 0 Å². The number of fused-ring (bicyclic) bond motifs is 1. The van der Waals surface area contributed by atoms with Gasteiger partial charge in [0.05, 0.1) is 12.6 Å². The maximum absolute atomic E-state index is 11.7. The van der Waals surface area contributed by atoms with Crippen LogP contribution in [0.1, 0.15) is 13.3 Å². The number of aldehydes is 1. The van der Waals surface area contributed by atoms with Gasteiger partial charge < -0.3 is 15.0 Å². The Balaban J connectivity index is 2.01. The Bertz CT molecular complexity index is 305. The van der Waals surface area contributed by atoms with Gasteiger partial charge in [0.2, 0.25) is 12.3 Å². The molecule has 2 amide bonds. The summed E-state index contributed by atoms with van der Waals surface area (Å²) in [5.74, 6) is 0.831. The Morgan fingerprint density at radius 2 is 2.27 bits per heavy atom. The summed E-state index contributed by atoms with van der Waals surface area (Å²) in [6, 6.07) is -0.0571. The highest BCUT2D eigenvalue weighted by atomic mass is 16.2. The summed E-state index contributed by atoms with van der Waals surface area (Å²) in [6.45, 7) is 2.08. The van der Waals surface area contributed by atoms with Crippen LogP contribution >= 0.6 is 0 Å². The second-order valence-corrected chi connectivity index (χ2v) is 4.25. The Kier molecular flexibility index (Phi) is 2.46. The van der Waals surface area contributed by atoms with Crippen molar-refractivity contribution in [2.75, 3.05) is 6.54 Å². The fourth-order valence-electron chi connectivity index (χ4n) is 2.64. The van der Waals surface area contributed by atoms with Crippen molar-refractivity contribution >= 4 is 18.6 Å². The van der Waals surface area contributed by atoms with E-state index in [0.29, 0.717) is 18.2 Å². The summed E-state index contributed by atoms with van der Waals surface area (Å²) in [5, 5.41) is 2.34. The summed E-state index contributed by atoms with van der Waals surface area (Å²) >= 11 is 0. The summed E-state index contributed by atoms with van der Waals surface area (Å²) < 4.78 is 0. The molecule has 1 heterocycles. The standard InChI is InChI=1S/C10H14N2O3/c1-6-8-2-7(4-13)12(10(6)8)9(15)3-11-5-14/h4-8,10H,2-3H2,1H3,(H,11,14). The zero-order chi connectivity index (χ0) is 11.0. The molecule has 0 spiro atoms. The van der Waals surface area contributed by atoms with Gasteiger partial charge in [0.15, 0.2) is 0 Å². The molecular formula is C10H14N2O3. The van der Waals surface area contributed by atoms with Crippen LogP contribution in [0.5, 0.6) is 0 Å². The number of likely N-dealkylation sites (tertiary alicyclic amines) is 1. The molecule has 2 fully saturated rings. The molecule has 2 aliphatic rings. The van der Waals surface area contributed by atoms with Gasteiger partial charge in [0, 0.05) is 6.04 Å². The SMILES string of the molecule is CC1C2CC(C=O)N(C(=O)CNC=O)C12. The van der Waals surface area contributed by atoms with Crippen LogP contribution in [0.4, 0.5) is 0 Å². The first kappa shape index (κ1) is 10.1. The molecule has 2 rings (SSSR count). The topological polar surface area (TPSA) is 66.5 Å². The molecule has 4 atom stereocenters. The molecule has 5 nitrogen and oxygen atoms in total. The largest absolute Gasteiger partial charge is 0.350 e. The predicted molar refractivity (Wildman–Crippen MR) is 51.8 cm³/mol. The Labute approximate surface area is 87.8 Å². The molecule has 1 saturated heterocycles. The molecule has 1 aliphatic carbocycles. The van der Waals surface area contributed by atoms with Crippen molar-refractivity contribution in [3.8, 4) is 0 Å².